The van der Waals surface area contributed by atoms with Gasteiger partial charge in [0, 0.05) is 57.8 Å². The van der Waals surface area contributed by atoms with Gasteiger partial charge in [0.05, 0.1) is 19.9 Å². The number of rotatable bonds is 7. The first-order chi connectivity index (χ1) is 15.5. The Morgan fingerprint density at radius 2 is 1.72 bits per heavy atom. The number of anilines is 2. The van der Waals surface area contributed by atoms with Crippen LogP contribution in [0.1, 0.15) is 11.5 Å². The largest absolute Gasteiger partial charge is 0.493 e. The summed E-state index contributed by atoms with van der Waals surface area (Å²) in [5.74, 6) is 3.62. The number of nitrogens with zero attached hydrogens (tertiary/aromatic N) is 7. The first kappa shape index (κ1) is 22.2. The van der Waals surface area contributed by atoms with Gasteiger partial charge in [-0.15, -0.1) is 11.3 Å². The van der Waals surface area contributed by atoms with Crippen LogP contribution in [0.15, 0.2) is 23.6 Å². The zero-order valence-corrected chi connectivity index (χ0v) is 20.0. The molecule has 0 spiro atoms. The first-order valence-electron chi connectivity index (χ1n) is 10.5. The second-order valence-electron chi connectivity index (χ2n) is 7.85. The molecule has 170 valence electrons. The monoisotopic (exact) mass is 455 g/mol. The summed E-state index contributed by atoms with van der Waals surface area (Å²) in [6, 6.07) is 5.90. The highest BCUT2D eigenvalue weighted by Gasteiger charge is 2.21. The number of methoxy groups -OCH3 is 2. The molecule has 9 nitrogen and oxygen atoms in total. The summed E-state index contributed by atoms with van der Waals surface area (Å²) in [6.07, 6.45) is 0. The van der Waals surface area contributed by atoms with Crippen LogP contribution in [0.3, 0.4) is 0 Å². The lowest BCUT2D eigenvalue weighted by Crippen LogP contribution is -2.46. The number of piperazine rings is 1. The van der Waals surface area contributed by atoms with Gasteiger partial charge in [-0.3, -0.25) is 4.90 Å². The van der Waals surface area contributed by atoms with E-state index >= 15 is 0 Å². The summed E-state index contributed by atoms with van der Waals surface area (Å²) < 4.78 is 10.8. The van der Waals surface area contributed by atoms with Crippen LogP contribution in [-0.2, 0) is 6.54 Å². The Morgan fingerprint density at radius 3 is 2.41 bits per heavy atom. The molecule has 0 radical (unpaired) electrons. The van der Waals surface area contributed by atoms with Gasteiger partial charge in [-0.25, -0.2) is 4.98 Å². The molecular formula is C22H29N7O2S. The zero-order chi connectivity index (χ0) is 22.7. The van der Waals surface area contributed by atoms with E-state index in [4.69, 9.17) is 14.5 Å². The molecule has 0 aliphatic carbocycles. The molecule has 4 rings (SSSR count). The van der Waals surface area contributed by atoms with Crippen LogP contribution in [0.4, 0.5) is 11.9 Å². The third kappa shape index (κ3) is 4.91. The van der Waals surface area contributed by atoms with Gasteiger partial charge in [-0.2, -0.15) is 15.0 Å². The minimum atomic E-state index is 0.695. The number of ether oxygens (including phenoxy) is 2. The molecule has 1 aliphatic heterocycles. The Hall–Kier alpha value is -2.98. The maximum Gasteiger partial charge on any atom is 0.230 e. The predicted octanol–water partition coefficient (Wildman–Crippen LogP) is 2.71. The molecule has 0 saturated carbocycles. The molecule has 2 aromatic heterocycles. The quantitative estimate of drug-likeness (QED) is 0.534. The summed E-state index contributed by atoms with van der Waals surface area (Å²) in [5, 5.41) is 3.12. The second kappa shape index (κ2) is 9.66. The molecule has 1 aliphatic rings. The summed E-state index contributed by atoms with van der Waals surface area (Å²) in [4.78, 5) is 25.0. The first-order valence-corrected chi connectivity index (χ1v) is 11.4. The third-order valence-electron chi connectivity index (χ3n) is 5.35. The molecule has 0 N–H and O–H groups in total. The van der Waals surface area contributed by atoms with Gasteiger partial charge in [-0.1, -0.05) is 0 Å². The fourth-order valence-electron chi connectivity index (χ4n) is 3.61. The minimum Gasteiger partial charge on any atom is -0.493 e. The second-order valence-corrected chi connectivity index (χ2v) is 8.71. The Kier molecular flexibility index (Phi) is 6.71. The van der Waals surface area contributed by atoms with Crippen molar-refractivity contribution in [3.63, 3.8) is 0 Å². The Bertz CT molecular complexity index is 1060. The van der Waals surface area contributed by atoms with Gasteiger partial charge < -0.3 is 19.3 Å². The van der Waals surface area contributed by atoms with Gasteiger partial charge >= 0.3 is 0 Å². The van der Waals surface area contributed by atoms with Gasteiger partial charge in [0.15, 0.2) is 11.5 Å². The third-order valence-corrected chi connectivity index (χ3v) is 6.29. The fourth-order valence-corrected chi connectivity index (χ4v) is 4.42. The van der Waals surface area contributed by atoms with E-state index in [1.807, 2.05) is 44.1 Å². The average Bonchev–Trinajstić information content (AvgIpc) is 3.27. The van der Waals surface area contributed by atoms with E-state index in [9.17, 15) is 0 Å². The fraction of sp³-hybridized carbons (Fsp3) is 0.455. The average molecular weight is 456 g/mol. The van der Waals surface area contributed by atoms with E-state index in [1.165, 1.54) is 0 Å². The molecule has 1 saturated heterocycles. The molecule has 0 amide bonds. The Balaban J connectivity index is 1.38. The summed E-state index contributed by atoms with van der Waals surface area (Å²) in [6.45, 7) is 6.37. The van der Waals surface area contributed by atoms with Gasteiger partial charge in [0.2, 0.25) is 11.9 Å². The van der Waals surface area contributed by atoms with Crippen molar-refractivity contribution < 1.29 is 9.47 Å². The normalized spacial score (nSPS) is 14.5. The van der Waals surface area contributed by atoms with Crippen LogP contribution in [-0.4, -0.2) is 79.3 Å². The van der Waals surface area contributed by atoms with Crippen molar-refractivity contribution in [1.29, 1.82) is 0 Å². The Labute approximate surface area is 192 Å². The van der Waals surface area contributed by atoms with Crippen LogP contribution in [0.5, 0.6) is 11.5 Å². The molecule has 0 atom stereocenters. The number of hydrogen-bond donors (Lipinski definition) is 0. The van der Waals surface area contributed by atoms with Gasteiger partial charge in [0.1, 0.15) is 10.8 Å². The van der Waals surface area contributed by atoms with E-state index in [-0.39, 0.29) is 0 Å². The van der Waals surface area contributed by atoms with Gasteiger partial charge in [-0.05, 0) is 25.1 Å². The molecular weight excluding hydrogens is 426 g/mol. The van der Waals surface area contributed by atoms with E-state index in [0.29, 0.717) is 11.7 Å². The molecule has 10 heteroatoms. The predicted molar refractivity (Wildman–Crippen MR) is 127 cm³/mol. The standard InChI is InChI=1S/C22H29N7O2S/c1-15-23-21(27(2)3)26-22(24-15)29-10-8-28(9-11-29)13-17-14-32-20(25-17)16-6-7-18(30-4)19(12-16)31-5/h6-7,12,14H,8-11,13H2,1-5H3. The molecule has 0 unspecified atom stereocenters. The van der Waals surface area contributed by atoms with Crippen molar-refractivity contribution in [3.05, 3.63) is 35.1 Å². The lowest BCUT2D eigenvalue weighted by molar-refractivity contribution is 0.246. The van der Waals surface area contributed by atoms with E-state index < -0.39 is 0 Å². The molecule has 1 aromatic carbocycles. The SMILES string of the molecule is COc1ccc(-c2nc(CN3CCN(c4nc(C)nc(N(C)C)n4)CC3)cs2)cc1OC. The van der Waals surface area contributed by atoms with Crippen molar-refractivity contribution in [2.45, 2.75) is 13.5 Å². The van der Waals surface area contributed by atoms with E-state index in [1.54, 1.807) is 25.6 Å². The van der Waals surface area contributed by atoms with Crippen LogP contribution in [0, 0.1) is 6.92 Å². The molecule has 1 fully saturated rings. The highest BCUT2D eigenvalue weighted by molar-refractivity contribution is 7.13. The summed E-state index contributed by atoms with van der Waals surface area (Å²) >= 11 is 1.65. The highest BCUT2D eigenvalue weighted by atomic mass is 32.1. The number of benzene rings is 1. The summed E-state index contributed by atoms with van der Waals surface area (Å²) in [5.41, 5.74) is 2.12. The maximum absolute atomic E-state index is 5.42. The number of aryl methyl sites for hydroxylation is 1. The molecule has 3 aromatic rings. The van der Waals surface area contributed by atoms with Crippen molar-refractivity contribution in [2.24, 2.45) is 0 Å². The molecule has 0 bridgehead atoms. The Morgan fingerprint density at radius 1 is 0.969 bits per heavy atom. The van der Waals surface area contributed by atoms with Crippen LogP contribution in [0.2, 0.25) is 0 Å². The number of hydrogen-bond acceptors (Lipinski definition) is 10. The lowest BCUT2D eigenvalue weighted by Gasteiger charge is -2.34. The van der Waals surface area contributed by atoms with Crippen LogP contribution in [0.25, 0.3) is 10.6 Å². The van der Waals surface area contributed by atoms with Crippen molar-refractivity contribution in [1.82, 2.24) is 24.8 Å². The zero-order valence-electron chi connectivity index (χ0n) is 19.2. The molecule has 3 heterocycles. The maximum atomic E-state index is 5.42. The van der Waals surface area contributed by atoms with Gasteiger partial charge in [0.25, 0.3) is 0 Å². The van der Waals surface area contributed by atoms with Crippen molar-refractivity contribution in [2.75, 3.05) is 64.3 Å². The van der Waals surface area contributed by atoms with Crippen LogP contribution < -0.4 is 19.3 Å². The number of thiazole rings is 1. The van der Waals surface area contributed by atoms with Crippen molar-refractivity contribution in [3.8, 4) is 22.1 Å². The lowest BCUT2D eigenvalue weighted by atomic mass is 10.2. The van der Waals surface area contributed by atoms with Crippen LogP contribution >= 0.6 is 11.3 Å². The minimum absolute atomic E-state index is 0.695. The molecule has 32 heavy (non-hydrogen) atoms. The topological polar surface area (TPSA) is 79.7 Å². The van der Waals surface area contributed by atoms with Crippen molar-refractivity contribution >= 4 is 23.2 Å². The van der Waals surface area contributed by atoms with E-state index in [2.05, 4.69) is 30.1 Å². The smallest absolute Gasteiger partial charge is 0.230 e. The highest BCUT2D eigenvalue weighted by Crippen LogP contribution is 2.33. The summed E-state index contributed by atoms with van der Waals surface area (Å²) in [7, 11) is 7.18. The number of aromatic nitrogens is 4. The van der Waals surface area contributed by atoms with E-state index in [0.717, 1.165) is 66.5 Å².